The number of carbonyl (C=O) groups is 3. The molecule has 1 aromatic heterocycles. The Morgan fingerprint density at radius 3 is 2.47 bits per heavy atom. The van der Waals surface area contributed by atoms with Crippen molar-refractivity contribution >= 4 is 34.4 Å². The van der Waals surface area contributed by atoms with Gasteiger partial charge in [-0.2, -0.15) is 0 Å². The first-order chi connectivity index (χ1) is 16.3. The Bertz CT molecular complexity index is 1280. The van der Waals surface area contributed by atoms with Crippen molar-refractivity contribution in [2.45, 2.75) is 25.2 Å². The summed E-state index contributed by atoms with van der Waals surface area (Å²) in [6, 6.07) is 15.5. The normalized spacial score (nSPS) is 18.9. The minimum atomic E-state index is -1.79. The summed E-state index contributed by atoms with van der Waals surface area (Å²) in [5, 5.41) is 1.09. The fraction of sp³-hybridized carbons (Fsp3) is 0.346. The van der Waals surface area contributed by atoms with E-state index in [0.717, 1.165) is 22.0 Å². The van der Waals surface area contributed by atoms with Gasteiger partial charge in [0.1, 0.15) is 0 Å². The Balaban J connectivity index is 1.53. The van der Waals surface area contributed by atoms with Crippen molar-refractivity contribution in [2.75, 3.05) is 25.5 Å². The van der Waals surface area contributed by atoms with E-state index in [-0.39, 0.29) is 12.3 Å². The number of benzene rings is 2. The summed E-state index contributed by atoms with van der Waals surface area (Å²) in [4.78, 5) is 41.6. The van der Waals surface area contributed by atoms with Gasteiger partial charge < -0.3 is 18.9 Å². The lowest BCUT2D eigenvalue weighted by Crippen LogP contribution is -2.63. The van der Waals surface area contributed by atoms with Crippen LogP contribution >= 0.6 is 0 Å². The summed E-state index contributed by atoms with van der Waals surface area (Å²) < 4.78 is 13.2. The van der Waals surface area contributed by atoms with Gasteiger partial charge in [-0.05, 0) is 50.2 Å². The maximum Gasteiger partial charge on any atom is 0.422 e. The Labute approximate surface area is 197 Å². The molecule has 2 aliphatic heterocycles. The lowest BCUT2D eigenvalue weighted by Gasteiger charge is -2.46. The molecule has 1 saturated heterocycles. The lowest BCUT2D eigenvalue weighted by molar-refractivity contribution is -0.206. The summed E-state index contributed by atoms with van der Waals surface area (Å²) in [5.74, 6) is -4.64. The number of carbonyl (C=O) groups excluding carboxylic acids is 3. The van der Waals surface area contributed by atoms with E-state index in [1.54, 1.807) is 6.07 Å². The monoisotopic (exact) mass is 461 g/mol. The number of fused-ring (bicyclic) bond motifs is 2. The number of amides is 1. The first-order valence-electron chi connectivity index (χ1n) is 11.3. The molecule has 3 aromatic rings. The van der Waals surface area contributed by atoms with E-state index in [2.05, 4.69) is 0 Å². The van der Waals surface area contributed by atoms with Crippen molar-refractivity contribution in [2.24, 2.45) is 13.0 Å². The fourth-order valence-electron chi connectivity index (χ4n) is 5.18. The highest BCUT2D eigenvalue weighted by Gasteiger charge is 2.62. The highest BCUT2D eigenvalue weighted by atomic mass is 16.8. The number of aromatic nitrogens is 1. The Hall–Kier alpha value is -3.65. The molecule has 34 heavy (non-hydrogen) atoms. The first-order valence-corrected chi connectivity index (χ1v) is 11.3. The van der Waals surface area contributed by atoms with Crippen LogP contribution in [0.15, 0.2) is 54.7 Å². The maximum absolute atomic E-state index is 13.8. The molecule has 0 N–H and O–H groups in total. The van der Waals surface area contributed by atoms with Gasteiger partial charge in [0.15, 0.2) is 0 Å². The predicted molar refractivity (Wildman–Crippen MR) is 126 cm³/mol. The summed E-state index contributed by atoms with van der Waals surface area (Å²) in [6.45, 7) is 0.460. The van der Waals surface area contributed by atoms with Gasteiger partial charge >= 0.3 is 17.8 Å². The topological polar surface area (TPSA) is 81.1 Å². The molecule has 0 aliphatic carbocycles. The number of ether oxygens (including phenoxy) is 2. The Kier molecular flexibility index (Phi) is 5.40. The molecule has 2 aromatic carbocycles. The SMILES string of the molecule is CN(C)CC1Cc2ccccc2N(C(=O)CCc2cn(C)c3ccccc23)C12OC(=O)C(=O)O2. The number of anilines is 1. The number of nitrogens with zero attached hydrogens (tertiary/aromatic N) is 3. The van der Waals surface area contributed by atoms with Crippen LogP contribution < -0.4 is 4.90 Å². The smallest absolute Gasteiger partial charge is 0.394 e. The molecule has 0 bridgehead atoms. The van der Waals surface area contributed by atoms with Crippen LogP contribution in [0.25, 0.3) is 10.9 Å². The van der Waals surface area contributed by atoms with Gasteiger partial charge in [-0.15, -0.1) is 0 Å². The zero-order valence-corrected chi connectivity index (χ0v) is 19.5. The van der Waals surface area contributed by atoms with Crippen LogP contribution in [0.5, 0.6) is 0 Å². The van der Waals surface area contributed by atoms with Crippen molar-refractivity contribution < 1.29 is 23.9 Å². The zero-order chi connectivity index (χ0) is 24.0. The van der Waals surface area contributed by atoms with Gasteiger partial charge in [-0.25, -0.2) is 14.5 Å². The van der Waals surface area contributed by atoms with Crippen LogP contribution in [0.1, 0.15) is 17.5 Å². The van der Waals surface area contributed by atoms with E-state index < -0.39 is 23.8 Å². The van der Waals surface area contributed by atoms with Crippen molar-refractivity contribution in [3.63, 3.8) is 0 Å². The van der Waals surface area contributed by atoms with Crippen LogP contribution in [-0.4, -0.2) is 53.9 Å². The van der Waals surface area contributed by atoms with Gasteiger partial charge in [-0.3, -0.25) is 4.79 Å². The third-order valence-electron chi connectivity index (χ3n) is 6.59. The minimum Gasteiger partial charge on any atom is -0.394 e. The number of para-hydroxylation sites is 2. The van der Waals surface area contributed by atoms with Gasteiger partial charge in [-0.1, -0.05) is 36.4 Å². The molecule has 8 heteroatoms. The van der Waals surface area contributed by atoms with E-state index in [4.69, 9.17) is 9.47 Å². The second-order valence-corrected chi connectivity index (χ2v) is 9.21. The second kappa shape index (κ2) is 8.29. The quantitative estimate of drug-likeness (QED) is 0.429. The van der Waals surface area contributed by atoms with Crippen molar-refractivity contribution in [3.05, 3.63) is 65.9 Å². The second-order valence-electron chi connectivity index (χ2n) is 9.21. The lowest BCUT2D eigenvalue weighted by atomic mass is 9.87. The molecule has 176 valence electrons. The van der Waals surface area contributed by atoms with Gasteiger partial charge in [0, 0.05) is 37.1 Å². The molecule has 1 atom stereocenters. The maximum atomic E-state index is 13.8. The van der Waals surface area contributed by atoms with Crippen LogP contribution in [0.2, 0.25) is 0 Å². The van der Waals surface area contributed by atoms with E-state index in [9.17, 15) is 14.4 Å². The molecule has 1 spiro atoms. The molecule has 2 aliphatic rings. The molecule has 0 saturated carbocycles. The molecule has 1 unspecified atom stereocenters. The highest BCUT2D eigenvalue weighted by Crippen LogP contribution is 2.45. The highest BCUT2D eigenvalue weighted by molar-refractivity contribution is 6.31. The van der Waals surface area contributed by atoms with Gasteiger partial charge in [0.25, 0.3) is 0 Å². The van der Waals surface area contributed by atoms with Crippen LogP contribution in [-0.2, 0) is 43.7 Å². The summed E-state index contributed by atoms with van der Waals surface area (Å²) in [6.07, 6.45) is 3.19. The van der Waals surface area contributed by atoms with E-state index in [1.165, 1.54) is 4.90 Å². The molecular formula is C26H27N3O5. The molecule has 5 rings (SSSR count). The third-order valence-corrected chi connectivity index (χ3v) is 6.59. The fourth-order valence-corrected chi connectivity index (χ4v) is 5.18. The largest absolute Gasteiger partial charge is 0.422 e. The van der Waals surface area contributed by atoms with Crippen LogP contribution in [0.3, 0.4) is 0 Å². The number of aryl methyl sites for hydroxylation is 2. The third kappa shape index (κ3) is 3.54. The van der Waals surface area contributed by atoms with Crippen molar-refractivity contribution in [1.29, 1.82) is 0 Å². The van der Waals surface area contributed by atoms with Crippen LogP contribution in [0, 0.1) is 5.92 Å². The van der Waals surface area contributed by atoms with Crippen molar-refractivity contribution in [1.82, 2.24) is 9.47 Å². The van der Waals surface area contributed by atoms with Gasteiger partial charge in [0.05, 0.1) is 11.6 Å². The van der Waals surface area contributed by atoms with Crippen molar-refractivity contribution in [3.8, 4) is 0 Å². The predicted octanol–water partition coefficient (Wildman–Crippen LogP) is 2.63. The number of rotatable bonds is 5. The zero-order valence-electron chi connectivity index (χ0n) is 19.5. The molecule has 3 heterocycles. The number of hydrogen-bond acceptors (Lipinski definition) is 6. The summed E-state index contributed by atoms with van der Waals surface area (Å²) in [7, 11) is 5.76. The molecule has 8 nitrogen and oxygen atoms in total. The first kappa shape index (κ1) is 22.2. The summed E-state index contributed by atoms with van der Waals surface area (Å²) in [5.41, 5.74) is 3.69. The molecular weight excluding hydrogens is 434 g/mol. The van der Waals surface area contributed by atoms with E-state index in [0.29, 0.717) is 25.1 Å². The Morgan fingerprint density at radius 1 is 1.06 bits per heavy atom. The Morgan fingerprint density at radius 2 is 1.74 bits per heavy atom. The standard InChI is InChI=1S/C26H27N3O5/c1-27(2)16-19-14-17-8-4-6-10-21(17)29(26(19)33-24(31)25(32)34-26)23(30)13-12-18-15-28(3)22-11-7-5-9-20(18)22/h4-11,15,19H,12-14,16H2,1-3H3. The molecule has 1 amide bonds. The summed E-state index contributed by atoms with van der Waals surface area (Å²) >= 11 is 0. The number of hydrogen-bond donors (Lipinski definition) is 0. The van der Waals surface area contributed by atoms with E-state index in [1.807, 2.05) is 79.3 Å². The van der Waals surface area contributed by atoms with Crippen LogP contribution in [0.4, 0.5) is 5.69 Å². The minimum absolute atomic E-state index is 0.161. The number of esters is 2. The van der Waals surface area contributed by atoms with E-state index >= 15 is 0 Å². The average molecular weight is 462 g/mol. The van der Waals surface area contributed by atoms with Gasteiger partial charge in [0.2, 0.25) is 5.91 Å². The average Bonchev–Trinajstić information content (AvgIpc) is 3.29. The molecule has 1 fully saturated rings. The molecule has 0 radical (unpaired) electrons.